The summed E-state index contributed by atoms with van der Waals surface area (Å²) in [6.45, 7) is 1.93. The second-order valence-corrected chi connectivity index (χ2v) is 6.51. The fraction of sp³-hybridized carbons (Fsp3) is 0.143. The van der Waals surface area contributed by atoms with Crippen LogP contribution < -0.4 is 15.4 Å². The minimum absolute atomic E-state index is 0.108. The van der Waals surface area contributed by atoms with Crippen LogP contribution >= 0.6 is 11.6 Å². The third-order valence-electron chi connectivity index (χ3n) is 4.08. The van der Waals surface area contributed by atoms with Crippen molar-refractivity contribution in [3.63, 3.8) is 0 Å². The Balaban J connectivity index is 1.87. The third kappa shape index (κ3) is 4.53. The van der Waals surface area contributed by atoms with Crippen LogP contribution in [0.25, 0.3) is 0 Å². The monoisotopic (exact) mass is 398 g/mol. The van der Waals surface area contributed by atoms with Crippen molar-refractivity contribution in [3.05, 3.63) is 82.8 Å². The van der Waals surface area contributed by atoms with Crippen molar-refractivity contribution in [2.24, 2.45) is 0 Å². The minimum Gasteiger partial charge on any atom is -0.495 e. The largest absolute Gasteiger partial charge is 0.495 e. The molecule has 6 nitrogen and oxygen atoms in total. The van der Waals surface area contributed by atoms with Gasteiger partial charge >= 0.3 is 0 Å². The van der Waals surface area contributed by atoms with Crippen LogP contribution in [-0.4, -0.2) is 25.0 Å². The van der Waals surface area contributed by atoms with Crippen molar-refractivity contribution in [1.82, 2.24) is 5.32 Å². The van der Waals surface area contributed by atoms with E-state index in [1.54, 1.807) is 36.4 Å². The Morgan fingerprint density at radius 2 is 1.86 bits per heavy atom. The Kier molecular flexibility index (Phi) is 6.01. The first-order valence-electron chi connectivity index (χ1n) is 8.53. The van der Waals surface area contributed by atoms with Gasteiger partial charge in [0.15, 0.2) is 11.9 Å². The first kappa shape index (κ1) is 19.5. The summed E-state index contributed by atoms with van der Waals surface area (Å²) in [5.41, 5.74) is 2.04. The number of halogens is 1. The fourth-order valence-corrected chi connectivity index (χ4v) is 2.84. The predicted molar refractivity (Wildman–Crippen MR) is 107 cm³/mol. The van der Waals surface area contributed by atoms with E-state index in [4.69, 9.17) is 20.8 Å². The minimum atomic E-state index is -1.02. The first-order valence-corrected chi connectivity index (χ1v) is 8.91. The SMILES string of the molecule is COc1ccc(N[C@@H](NC(=O)c2ccco2)C(=O)c2ccc(C)cc2)cc1Cl. The standard InChI is InChI=1S/C21H19ClN2O4/c1-13-5-7-14(8-6-13)19(25)20(24-21(26)18-4-3-11-28-18)23-15-9-10-17(27-2)16(22)12-15/h3-12,20,23H,1-2H3,(H,24,26)/t20-/m0/s1. The molecule has 0 aliphatic rings. The number of benzene rings is 2. The van der Waals surface area contributed by atoms with Gasteiger partial charge in [-0.05, 0) is 37.3 Å². The van der Waals surface area contributed by atoms with Crippen molar-refractivity contribution in [1.29, 1.82) is 0 Å². The molecule has 1 heterocycles. The maximum atomic E-state index is 13.0. The van der Waals surface area contributed by atoms with Gasteiger partial charge in [0.2, 0.25) is 5.78 Å². The van der Waals surface area contributed by atoms with E-state index in [1.165, 1.54) is 19.4 Å². The second kappa shape index (κ2) is 8.63. The molecule has 1 atom stereocenters. The molecule has 28 heavy (non-hydrogen) atoms. The Bertz CT molecular complexity index is 969. The van der Waals surface area contributed by atoms with Gasteiger partial charge < -0.3 is 19.8 Å². The Morgan fingerprint density at radius 3 is 2.46 bits per heavy atom. The van der Waals surface area contributed by atoms with E-state index < -0.39 is 12.1 Å². The number of ketones is 1. The Hall–Kier alpha value is -3.25. The lowest BCUT2D eigenvalue weighted by Gasteiger charge is -2.20. The Labute approximate surface area is 167 Å². The topological polar surface area (TPSA) is 80.6 Å². The normalized spacial score (nSPS) is 11.5. The zero-order chi connectivity index (χ0) is 20.1. The molecule has 7 heteroatoms. The highest BCUT2D eigenvalue weighted by Crippen LogP contribution is 2.27. The highest BCUT2D eigenvalue weighted by atomic mass is 35.5. The molecule has 0 saturated carbocycles. The van der Waals surface area contributed by atoms with Gasteiger partial charge in [0, 0.05) is 11.3 Å². The molecule has 0 saturated heterocycles. The number of methoxy groups -OCH3 is 1. The number of aryl methyl sites for hydroxylation is 1. The summed E-state index contributed by atoms with van der Waals surface area (Å²) in [4.78, 5) is 25.4. The number of ether oxygens (including phenoxy) is 1. The van der Waals surface area contributed by atoms with Crippen LogP contribution in [0.5, 0.6) is 5.75 Å². The summed E-state index contributed by atoms with van der Waals surface area (Å²) in [6.07, 6.45) is 0.368. The van der Waals surface area contributed by atoms with Crippen LogP contribution in [0.2, 0.25) is 5.02 Å². The Morgan fingerprint density at radius 1 is 1.11 bits per heavy atom. The fourth-order valence-electron chi connectivity index (χ4n) is 2.58. The molecule has 3 aromatic rings. The molecule has 2 aromatic carbocycles. The smallest absolute Gasteiger partial charge is 0.288 e. The number of carbonyl (C=O) groups is 2. The van der Waals surface area contributed by atoms with Crippen LogP contribution in [0.3, 0.4) is 0 Å². The highest BCUT2D eigenvalue weighted by Gasteiger charge is 2.24. The van der Waals surface area contributed by atoms with Crippen LogP contribution in [0, 0.1) is 6.92 Å². The molecule has 0 fully saturated rings. The average Bonchev–Trinajstić information content (AvgIpc) is 3.22. The maximum absolute atomic E-state index is 13.0. The summed E-state index contributed by atoms with van der Waals surface area (Å²) < 4.78 is 10.2. The number of hydrogen-bond donors (Lipinski definition) is 2. The van der Waals surface area contributed by atoms with Gasteiger partial charge in [-0.25, -0.2) is 0 Å². The van der Waals surface area contributed by atoms with Crippen LogP contribution in [0.15, 0.2) is 65.3 Å². The number of anilines is 1. The summed E-state index contributed by atoms with van der Waals surface area (Å²) in [7, 11) is 1.52. The molecule has 0 aliphatic carbocycles. The molecule has 0 spiro atoms. The number of Topliss-reactive ketones (excluding diaryl/α,β-unsaturated/α-hetero) is 1. The molecular weight excluding hydrogens is 380 g/mol. The van der Waals surface area contributed by atoms with Crippen molar-refractivity contribution in [2.45, 2.75) is 13.1 Å². The van der Waals surface area contributed by atoms with Crippen molar-refractivity contribution in [2.75, 3.05) is 12.4 Å². The van der Waals surface area contributed by atoms with E-state index in [1.807, 2.05) is 19.1 Å². The van der Waals surface area contributed by atoms with E-state index in [2.05, 4.69) is 10.6 Å². The van der Waals surface area contributed by atoms with E-state index in [-0.39, 0.29) is 11.5 Å². The van der Waals surface area contributed by atoms with Crippen molar-refractivity contribution >= 4 is 29.0 Å². The van der Waals surface area contributed by atoms with Gasteiger partial charge in [0.25, 0.3) is 5.91 Å². The van der Waals surface area contributed by atoms with E-state index >= 15 is 0 Å². The lowest BCUT2D eigenvalue weighted by atomic mass is 10.1. The molecule has 1 aromatic heterocycles. The first-order chi connectivity index (χ1) is 13.5. The average molecular weight is 399 g/mol. The van der Waals surface area contributed by atoms with Gasteiger partial charge in [-0.2, -0.15) is 0 Å². The summed E-state index contributed by atoms with van der Waals surface area (Å²) >= 11 is 6.16. The summed E-state index contributed by atoms with van der Waals surface area (Å²) in [5.74, 6) is -0.195. The molecule has 3 rings (SSSR count). The summed E-state index contributed by atoms with van der Waals surface area (Å²) in [5, 5.41) is 6.06. The molecule has 0 unspecified atom stereocenters. The number of furan rings is 1. The zero-order valence-corrected chi connectivity index (χ0v) is 16.1. The second-order valence-electron chi connectivity index (χ2n) is 6.11. The number of nitrogens with one attached hydrogen (secondary N) is 2. The van der Waals surface area contributed by atoms with Crippen molar-refractivity contribution < 1.29 is 18.7 Å². The third-order valence-corrected chi connectivity index (χ3v) is 4.38. The van der Waals surface area contributed by atoms with Crippen molar-refractivity contribution in [3.8, 4) is 5.75 Å². The van der Waals surface area contributed by atoms with Crippen LogP contribution in [0.4, 0.5) is 5.69 Å². The number of amides is 1. The molecule has 2 N–H and O–H groups in total. The molecule has 1 amide bonds. The van der Waals surface area contributed by atoms with Gasteiger partial charge in [-0.15, -0.1) is 0 Å². The van der Waals surface area contributed by atoms with E-state index in [0.717, 1.165) is 5.56 Å². The van der Waals surface area contributed by atoms with Gasteiger partial charge in [-0.3, -0.25) is 9.59 Å². The van der Waals surface area contributed by atoms with Gasteiger partial charge in [-0.1, -0.05) is 41.4 Å². The van der Waals surface area contributed by atoms with Crippen LogP contribution in [-0.2, 0) is 0 Å². The highest BCUT2D eigenvalue weighted by molar-refractivity contribution is 6.32. The molecule has 0 radical (unpaired) electrons. The van der Waals surface area contributed by atoms with E-state index in [0.29, 0.717) is 22.0 Å². The zero-order valence-electron chi connectivity index (χ0n) is 15.4. The van der Waals surface area contributed by atoms with Gasteiger partial charge in [0.1, 0.15) is 5.75 Å². The molecule has 0 aliphatic heterocycles. The number of hydrogen-bond acceptors (Lipinski definition) is 5. The van der Waals surface area contributed by atoms with E-state index in [9.17, 15) is 9.59 Å². The quantitative estimate of drug-likeness (QED) is 0.458. The molecule has 144 valence electrons. The number of rotatable bonds is 7. The molecular formula is C21H19ClN2O4. The predicted octanol–water partition coefficient (Wildman–Crippen LogP) is 4.30. The molecule has 0 bridgehead atoms. The van der Waals surface area contributed by atoms with Gasteiger partial charge in [0.05, 0.1) is 18.4 Å². The lowest BCUT2D eigenvalue weighted by Crippen LogP contribution is -2.46. The number of carbonyl (C=O) groups excluding carboxylic acids is 2. The summed E-state index contributed by atoms with van der Waals surface area (Å²) in [6, 6.07) is 15.2. The maximum Gasteiger partial charge on any atom is 0.288 e. The lowest BCUT2D eigenvalue weighted by molar-refractivity contribution is 0.0853. The van der Waals surface area contributed by atoms with Crippen LogP contribution in [0.1, 0.15) is 26.5 Å².